The summed E-state index contributed by atoms with van der Waals surface area (Å²) < 4.78 is 14.9. The van der Waals surface area contributed by atoms with Gasteiger partial charge in [0.15, 0.2) is 0 Å². The van der Waals surface area contributed by atoms with Crippen molar-refractivity contribution in [2.24, 2.45) is 0 Å². The summed E-state index contributed by atoms with van der Waals surface area (Å²) in [4.78, 5) is 27.9. The molecule has 0 saturated carbocycles. The second-order valence-corrected chi connectivity index (χ2v) is 8.50. The summed E-state index contributed by atoms with van der Waals surface area (Å²) in [5.41, 5.74) is 1.66. The molecule has 0 aromatic carbocycles. The predicted molar refractivity (Wildman–Crippen MR) is 106 cm³/mol. The van der Waals surface area contributed by atoms with Gasteiger partial charge in [0, 0.05) is 6.42 Å². The number of nitrogens with one attached hydrogen (secondary N) is 1. The van der Waals surface area contributed by atoms with E-state index in [0.717, 1.165) is 25.7 Å². The molecule has 162 valence electrons. The third kappa shape index (κ3) is 23.5. The van der Waals surface area contributed by atoms with Crippen LogP contribution >= 0.6 is 7.82 Å². The van der Waals surface area contributed by atoms with Crippen LogP contribution in [0.1, 0.15) is 109 Å². The molecule has 0 rings (SSSR count). The van der Waals surface area contributed by atoms with E-state index >= 15 is 0 Å². The Kier molecular flexibility index (Phi) is 18.6. The number of hydrogen-bond donors (Lipinski definition) is 4. The maximum Gasteiger partial charge on any atom is 0.469 e. The highest BCUT2D eigenvalue weighted by Crippen LogP contribution is 2.35. The molecule has 27 heavy (non-hydrogen) atoms. The third-order valence-electron chi connectivity index (χ3n) is 4.68. The maximum absolute atomic E-state index is 10.8. The Balaban J connectivity index is 3.07. The average molecular weight is 410 g/mol. The van der Waals surface area contributed by atoms with Gasteiger partial charge in [-0.05, 0) is 12.8 Å². The van der Waals surface area contributed by atoms with Crippen molar-refractivity contribution >= 4 is 13.7 Å². The Labute approximate surface area is 164 Å². The lowest BCUT2D eigenvalue weighted by Gasteiger charge is -2.05. The molecule has 0 bridgehead atoms. The van der Waals surface area contributed by atoms with Gasteiger partial charge in [0.25, 0.3) is 0 Å². The second-order valence-electron chi connectivity index (χ2n) is 7.27. The van der Waals surface area contributed by atoms with Crippen LogP contribution in [0.2, 0.25) is 0 Å². The number of phosphoric ester groups is 1. The topological polar surface area (TPSA) is 116 Å². The first-order valence-corrected chi connectivity index (χ1v) is 12.1. The molecule has 0 saturated heterocycles. The molecule has 1 amide bonds. The zero-order valence-corrected chi connectivity index (χ0v) is 17.6. The van der Waals surface area contributed by atoms with Crippen molar-refractivity contribution in [3.8, 4) is 0 Å². The lowest BCUT2D eigenvalue weighted by molar-refractivity contribution is -0.129. The van der Waals surface area contributed by atoms with Crippen molar-refractivity contribution in [3.05, 3.63) is 0 Å². The van der Waals surface area contributed by atoms with Gasteiger partial charge in [-0.25, -0.2) is 10.0 Å². The van der Waals surface area contributed by atoms with Gasteiger partial charge in [-0.2, -0.15) is 0 Å². The zero-order valence-electron chi connectivity index (χ0n) is 16.7. The molecule has 4 N–H and O–H groups in total. The van der Waals surface area contributed by atoms with Crippen molar-refractivity contribution in [1.82, 2.24) is 5.48 Å². The Morgan fingerprint density at radius 3 is 1.33 bits per heavy atom. The fraction of sp³-hybridized carbons (Fsp3) is 0.947. The predicted octanol–water partition coefficient (Wildman–Crippen LogP) is 5.23. The van der Waals surface area contributed by atoms with Crippen molar-refractivity contribution in [3.63, 3.8) is 0 Å². The average Bonchev–Trinajstić information content (AvgIpc) is 2.62. The van der Waals surface area contributed by atoms with E-state index < -0.39 is 7.82 Å². The fourth-order valence-electron chi connectivity index (χ4n) is 3.10. The summed E-state index contributed by atoms with van der Waals surface area (Å²) in [6, 6.07) is 0. The van der Waals surface area contributed by atoms with Gasteiger partial charge < -0.3 is 9.79 Å². The molecule has 0 radical (unpaired) electrons. The Hall–Kier alpha value is -0.460. The largest absolute Gasteiger partial charge is 0.469 e. The van der Waals surface area contributed by atoms with E-state index in [-0.39, 0.29) is 12.5 Å². The van der Waals surface area contributed by atoms with Crippen LogP contribution in [0.5, 0.6) is 0 Å². The number of rotatable bonds is 20. The number of carbonyl (C=O) groups excluding carboxylic acids is 1. The lowest BCUT2D eigenvalue weighted by atomic mass is 10.0. The minimum atomic E-state index is -4.28. The van der Waals surface area contributed by atoms with Gasteiger partial charge in [-0.1, -0.05) is 89.9 Å². The van der Waals surface area contributed by atoms with Crippen molar-refractivity contribution in [2.75, 3.05) is 6.61 Å². The number of hydrogen-bond acceptors (Lipinski definition) is 4. The van der Waals surface area contributed by atoms with Gasteiger partial charge in [0.2, 0.25) is 5.91 Å². The molecule has 0 fully saturated rings. The van der Waals surface area contributed by atoms with Gasteiger partial charge in [0.1, 0.15) is 0 Å². The fourth-order valence-corrected chi connectivity index (χ4v) is 3.47. The van der Waals surface area contributed by atoms with Crippen LogP contribution in [0.25, 0.3) is 0 Å². The van der Waals surface area contributed by atoms with E-state index in [1.165, 1.54) is 70.6 Å². The molecule has 0 aliphatic heterocycles. The minimum Gasteiger partial charge on any atom is -0.303 e. The number of phosphoric acid groups is 1. The van der Waals surface area contributed by atoms with Crippen LogP contribution in [-0.2, 0) is 13.9 Å². The van der Waals surface area contributed by atoms with E-state index in [4.69, 9.17) is 15.0 Å². The van der Waals surface area contributed by atoms with Gasteiger partial charge in [0.05, 0.1) is 6.61 Å². The second kappa shape index (κ2) is 18.9. The van der Waals surface area contributed by atoms with Crippen LogP contribution in [0.15, 0.2) is 0 Å². The summed E-state index contributed by atoms with van der Waals surface area (Å²) in [6.07, 6.45) is 19.1. The molecule has 0 spiro atoms. The van der Waals surface area contributed by atoms with Crippen molar-refractivity contribution in [1.29, 1.82) is 0 Å². The van der Waals surface area contributed by atoms with Gasteiger partial charge in [-0.15, -0.1) is 0 Å². The Morgan fingerprint density at radius 1 is 0.667 bits per heavy atom. The molecule has 7 nitrogen and oxygen atoms in total. The third-order valence-corrected chi connectivity index (χ3v) is 5.20. The Morgan fingerprint density at radius 2 is 1.00 bits per heavy atom. The molecular formula is C19H40NO6P. The molecule has 0 unspecified atom stereocenters. The molecular weight excluding hydrogens is 369 g/mol. The van der Waals surface area contributed by atoms with Crippen LogP contribution in [0.3, 0.4) is 0 Å². The molecule has 0 aromatic rings. The highest BCUT2D eigenvalue weighted by molar-refractivity contribution is 7.46. The molecule has 8 heteroatoms. The zero-order chi connectivity index (χ0) is 20.2. The van der Waals surface area contributed by atoms with Gasteiger partial charge in [-0.3, -0.25) is 14.5 Å². The van der Waals surface area contributed by atoms with Crippen LogP contribution < -0.4 is 5.48 Å². The number of carbonyl (C=O) groups is 1. The number of amides is 1. The summed E-state index contributed by atoms with van der Waals surface area (Å²) in [5.74, 6) is -0.289. The first kappa shape index (κ1) is 26.5. The molecule has 0 heterocycles. The van der Waals surface area contributed by atoms with E-state index in [9.17, 15) is 9.36 Å². The van der Waals surface area contributed by atoms with Crippen LogP contribution in [0.4, 0.5) is 0 Å². The van der Waals surface area contributed by atoms with Crippen LogP contribution in [0, 0.1) is 0 Å². The van der Waals surface area contributed by atoms with Crippen molar-refractivity contribution in [2.45, 2.75) is 109 Å². The van der Waals surface area contributed by atoms with E-state index in [1.807, 2.05) is 0 Å². The smallest absolute Gasteiger partial charge is 0.303 e. The van der Waals surface area contributed by atoms with Crippen molar-refractivity contribution < 1.29 is 28.9 Å². The monoisotopic (exact) mass is 409 g/mol. The van der Waals surface area contributed by atoms with E-state index in [0.29, 0.717) is 12.8 Å². The molecule has 0 aromatic heterocycles. The molecule has 0 aliphatic rings. The number of hydroxylamine groups is 1. The van der Waals surface area contributed by atoms with E-state index in [1.54, 1.807) is 5.48 Å². The SMILES string of the molecule is O=C(CCCCCCCCCCCCCCCCCCOP(=O)(O)O)NO. The molecule has 0 aliphatic carbocycles. The summed E-state index contributed by atoms with van der Waals surface area (Å²) in [6.45, 7) is 0.144. The lowest BCUT2D eigenvalue weighted by Crippen LogP contribution is -2.17. The quantitative estimate of drug-likeness (QED) is 0.0946. The summed E-state index contributed by atoms with van der Waals surface area (Å²) in [5, 5.41) is 8.38. The summed E-state index contributed by atoms with van der Waals surface area (Å²) in [7, 11) is -4.28. The van der Waals surface area contributed by atoms with E-state index in [2.05, 4.69) is 4.52 Å². The Bertz CT molecular complexity index is 388. The molecule has 0 atom stereocenters. The summed E-state index contributed by atoms with van der Waals surface area (Å²) >= 11 is 0. The first-order chi connectivity index (χ1) is 13.0. The first-order valence-electron chi connectivity index (χ1n) is 10.6. The van der Waals surface area contributed by atoms with Crippen LogP contribution in [-0.4, -0.2) is 27.5 Å². The normalized spacial score (nSPS) is 11.7. The standard InChI is InChI=1S/C19H40NO6P/c21-19(20-22)17-15-13-11-9-7-5-3-1-2-4-6-8-10-12-14-16-18-26-27(23,24)25/h22H,1-18H2,(H,20,21)(H2,23,24,25). The maximum atomic E-state index is 10.8. The van der Waals surface area contributed by atoms with Gasteiger partial charge >= 0.3 is 7.82 Å². The minimum absolute atomic E-state index is 0.144. The number of unbranched alkanes of at least 4 members (excludes halogenated alkanes) is 15. The highest BCUT2D eigenvalue weighted by atomic mass is 31.2. The highest BCUT2D eigenvalue weighted by Gasteiger charge is 2.12.